The normalized spacial score (nSPS) is 10.4. The van der Waals surface area contributed by atoms with Crippen molar-refractivity contribution < 1.29 is 19.2 Å². The van der Waals surface area contributed by atoms with Gasteiger partial charge in [-0.1, -0.05) is 18.2 Å². The smallest absolute Gasteiger partial charge is 0.304 e. The largest absolute Gasteiger partial charge is 0.488 e. The summed E-state index contributed by atoms with van der Waals surface area (Å²) in [7, 11) is 0. The number of aryl methyl sites for hydroxylation is 1. The fraction of sp³-hybridized carbons (Fsp3) is 0.200. The first-order chi connectivity index (χ1) is 10.0. The van der Waals surface area contributed by atoms with E-state index in [-0.39, 0.29) is 13.2 Å². The lowest BCUT2D eigenvalue weighted by atomic mass is 10.1. The highest BCUT2D eigenvalue weighted by molar-refractivity contribution is 5.41. The zero-order chi connectivity index (χ0) is 15.4. The van der Waals surface area contributed by atoms with Crippen LogP contribution in [0.3, 0.4) is 0 Å². The summed E-state index contributed by atoms with van der Waals surface area (Å²) in [6.45, 7) is 1.74. The number of ether oxygens (including phenoxy) is 1. The van der Waals surface area contributed by atoms with Crippen LogP contribution >= 0.6 is 0 Å². The average molecular weight is 291 g/mol. The quantitative estimate of drug-likeness (QED) is 0.678. The summed E-state index contributed by atoms with van der Waals surface area (Å²) >= 11 is 0. The van der Waals surface area contributed by atoms with E-state index < -0.39 is 16.4 Å². The summed E-state index contributed by atoms with van der Waals surface area (Å²) < 4.78 is 19.1. The van der Waals surface area contributed by atoms with Crippen molar-refractivity contribution in [2.24, 2.45) is 0 Å². The summed E-state index contributed by atoms with van der Waals surface area (Å²) in [5.41, 5.74) is 1.40. The number of aliphatic hydroxyl groups excluding tert-OH is 1. The number of benzene rings is 2. The van der Waals surface area contributed by atoms with Gasteiger partial charge in [-0.3, -0.25) is 10.1 Å². The van der Waals surface area contributed by atoms with Crippen molar-refractivity contribution in [3.8, 4) is 5.75 Å². The highest BCUT2D eigenvalue weighted by Crippen LogP contribution is 2.25. The van der Waals surface area contributed by atoms with Gasteiger partial charge in [0.25, 0.3) is 0 Å². The zero-order valence-corrected chi connectivity index (χ0v) is 11.4. The Morgan fingerprint density at radius 2 is 2.10 bits per heavy atom. The topological polar surface area (TPSA) is 72.6 Å². The van der Waals surface area contributed by atoms with E-state index >= 15 is 0 Å². The summed E-state index contributed by atoms with van der Waals surface area (Å²) in [4.78, 5) is 9.77. The van der Waals surface area contributed by atoms with Crippen LogP contribution in [0.5, 0.6) is 5.75 Å². The molecule has 0 amide bonds. The Morgan fingerprint density at radius 1 is 1.33 bits per heavy atom. The minimum atomic E-state index is -0.895. The van der Waals surface area contributed by atoms with Crippen LogP contribution in [0.4, 0.5) is 10.1 Å². The number of rotatable bonds is 5. The molecule has 0 heterocycles. The molecule has 0 spiro atoms. The lowest BCUT2D eigenvalue weighted by Gasteiger charge is -2.13. The monoisotopic (exact) mass is 291 g/mol. The van der Waals surface area contributed by atoms with Crippen LogP contribution in [0.2, 0.25) is 0 Å². The van der Waals surface area contributed by atoms with Gasteiger partial charge in [0.2, 0.25) is 5.82 Å². The third-order valence-corrected chi connectivity index (χ3v) is 3.06. The van der Waals surface area contributed by atoms with Gasteiger partial charge in [-0.2, -0.15) is 4.39 Å². The van der Waals surface area contributed by atoms with E-state index in [4.69, 9.17) is 4.74 Å². The second-order valence-corrected chi connectivity index (χ2v) is 4.55. The fourth-order valence-corrected chi connectivity index (χ4v) is 1.99. The number of aliphatic hydroxyl groups is 1. The molecule has 5 nitrogen and oxygen atoms in total. The van der Waals surface area contributed by atoms with Gasteiger partial charge >= 0.3 is 5.69 Å². The molecule has 0 saturated heterocycles. The van der Waals surface area contributed by atoms with Crippen molar-refractivity contribution in [2.75, 3.05) is 0 Å². The van der Waals surface area contributed by atoms with Gasteiger partial charge in [0.1, 0.15) is 12.4 Å². The van der Waals surface area contributed by atoms with Gasteiger partial charge in [0, 0.05) is 11.6 Å². The molecule has 0 bridgehead atoms. The number of nitrogens with zero attached hydrogens (tertiary/aromatic N) is 1. The molecule has 0 aliphatic rings. The molecule has 0 aliphatic heterocycles. The Morgan fingerprint density at radius 3 is 2.71 bits per heavy atom. The number of nitro benzene ring substituents is 1. The molecule has 2 rings (SSSR count). The first-order valence-corrected chi connectivity index (χ1v) is 6.28. The highest BCUT2D eigenvalue weighted by atomic mass is 19.1. The van der Waals surface area contributed by atoms with Crippen molar-refractivity contribution in [3.63, 3.8) is 0 Å². The lowest BCUT2D eigenvalue weighted by molar-refractivity contribution is -0.387. The van der Waals surface area contributed by atoms with E-state index in [0.29, 0.717) is 16.9 Å². The Balaban J connectivity index is 2.17. The SMILES string of the molecule is Cc1cccc(CO)c1OCc1ccc([N+](=O)[O-])c(F)c1. The lowest BCUT2D eigenvalue weighted by Crippen LogP contribution is -2.02. The van der Waals surface area contributed by atoms with Crippen LogP contribution in [-0.4, -0.2) is 10.0 Å². The van der Waals surface area contributed by atoms with E-state index in [1.807, 2.05) is 13.0 Å². The molecule has 0 fully saturated rings. The Hall–Kier alpha value is -2.47. The minimum absolute atomic E-state index is 0.0623. The molecule has 2 aromatic carbocycles. The number of nitro groups is 1. The Kier molecular flexibility index (Phi) is 4.49. The molecule has 6 heteroatoms. The standard InChI is InChI=1S/C15H14FNO4/c1-10-3-2-4-12(8-18)15(10)21-9-11-5-6-14(17(19)20)13(16)7-11/h2-7,18H,8-9H2,1H3. The number of hydrogen-bond donors (Lipinski definition) is 1. The maximum absolute atomic E-state index is 13.5. The third kappa shape index (κ3) is 3.35. The predicted molar refractivity (Wildman–Crippen MR) is 74.5 cm³/mol. The van der Waals surface area contributed by atoms with E-state index in [9.17, 15) is 19.6 Å². The maximum Gasteiger partial charge on any atom is 0.304 e. The van der Waals surface area contributed by atoms with Crippen molar-refractivity contribution in [1.29, 1.82) is 0 Å². The molecular formula is C15H14FNO4. The molecule has 0 aromatic heterocycles. The van der Waals surface area contributed by atoms with Gasteiger partial charge in [-0.15, -0.1) is 0 Å². The van der Waals surface area contributed by atoms with E-state index in [0.717, 1.165) is 17.7 Å². The van der Waals surface area contributed by atoms with Crippen molar-refractivity contribution >= 4 is 5.69 Å². The number of halogens is 1. The summed E-state index contributed by atoms with van der Waals surface area (Å²) in [5, 5.41) is 19.8. The fourth-order valence-electron chi connectivity index (χ4n) is 1.99. The van der Waals surface area contributed by atoms with E-state index in [2.05, 4.69) is 0 Å². The number of hydrogen-bond acceptors (Lipinski definition) is 4. The third-order valence-electron chi connectivity index (χ3n) is 3.06. The van der Waals surface area contributed by atoms with Crippen LogP contribution in [0.25, 0.3) is 0 Å². The molecule has 0 unspecified atom stereocenters. The summed E-state index contributed by atoms with van der Waals surface area (Å²) in [6, 6.07) is 9.01. The maximum atomic E-state index is 13.5. The molecule has 21 heavy (non-hydrogen) atoms. The molecule has 0 atom stereocenters. The molecule has 110 valence electrons. The van der Waals surface area contributed by atoms with Gasteiger partial charge < -0.3 is 9.84 Å². The molecule has 0 radical (unpaired) electrons. The second kappa shape index (κ2) is 6.32. The first kappa shape index (κ1) is 14.9. The second-order valence-electron chi connectivity index (χ2n) is 4.55. The van der Waals surface area contributed by atoms with Gasteiger partial charge in [0.05, 0.1) is 11.5 Å². The summed E-state index contributed by atoms with van der Waals surface area (Å²) in [6.07, 6.45) is 0. The van der Waals surface area contributed by atoms with Crippen LogP contribution in [0, 0.1) is 22.9 Å². The first-order valence-electron chi connectivity index (χ1n) is 6.28. The molecule has 0 saturated carbocycles. The Labute approximate surface area is 120 Å². The summed E-state index contributed by atoms with van der Waals surface area (Å²) in [5.74, 6) is -0.355. The molecular weight excluding hydrogens is 277 g/mol. The van der Waals surface area contributed by atoms with Gasteiger partial charge in [0.15, 0.2) is 0 Å². The van der Waals surface area contributed by atoms with E-state index in [1.165, 1.54) is 6.07 Å². The van der Waals surface area contributed by atoms with Crippen LogP contribution in [0.15, 0.2) is 36.4 Å². The molecule has 2 aromatic rings. The van der Waals surface area contributed by atoms with Crippen LogP contribution < -0.4 is 4.74 Å². The average Bonchev–Trinajstić information content (AvgIpc) is 2.45. The van der Waals surface area contributed by atoms with Crippen molar-refractivity contribution in [2.45, 2.75) is 20.1 Å². The number of para-hydroxylation sites is 1. The van der Waals surface area contributed by atoms with Crippen LogP contribution in [-0.2, 0) is 13.2 Å². The molecule has 0 aliphatic carbocycles. The molecule has 1 N–H and O–H groups in total. The highest BCUT2D eigenvalue weighted by Gasteiger charge is 2.14. The van der Waals surface area contributed by atoms with Gasteiger partial charge in [-0.25, -0.2) is 0 Å². The zero-order valence-electron chi connectivity index (χ0n) is 11.4. The van der Waals surface area contributed by atoms with Crippen LogP contribution in [0.1, 0.15) is 16.7 Å². The van der Waals surface area contributed by atoms with E-state index in [1.54, 1.807) is 12.1 Å². The predicted octanol–water partition coefficient (Wildman–Crippen LogP) is 3.11. The Bertz CT molecular complexity index is 673. The van der Waals surface area contributed by atoms with Crippen molar-refractivity contribution in [1.82, 2.24) is 0 Å². The van der Waals surface area contributed by atoms with Gasteiger partial charge in [-0.05, 0) is 30.2 Å². The van der Waals surface area contributed by atoms with Crippen molar-refractivity contribution in [3.05, 3.63) is 69.0 Å². The minimum Gasteiger partial charge on any atom is -0.488 e.